The summed E-state index contributed by atoms with van der Waals surface area (Å²) in [4.78, 5) is 30.8. The minimum atomic E-state index is -0.486. The number of pyridine rings is 2. The Balaban J connectivity index is 2.01. The molecule has 6 nitrogen and oxygen atoms in total. The third-order valence-corrected chi connectivity index (χ3v) is 2.50. The van der Waals surface area contributed by atoms with Crippen molar-refractivity contribution in [2.75, 3.05) is 7.11 Å². The number of hydrogen-bond donors (Lipinski definition) is 0. The molecule has 0 radical (unpaired) electrons. The van der Waals surface area contributed by atoms with E-state index in [2.05, 4.69) is 14.7 Å². The Bertz CT molecular complexity index is 614. The lowest BCUT2D eigenvalue weighted by molar-refractivity contribution is 0.0472. The fourth-order valence-electron chi connectivity index (χ4n) is 1.52. The molecule has 2 aromatic heterocycles. The number of ether oxygens (including phenoxy) is 2. The lowest BCUT2D eigenvalue weighted by atomic mass is 10.2. The van der Waals surface area contributed by atoms with E-state index in [0.29, 0.717) is 16.7 Å². The summed E-state index contributed by atoms with van der Waals surface area (Å²) >= 11 is 0. The molecule has 0 atom stereocenters. The van der Waals surface area contributed by atoms with E-state index in [0.717, 1.165) is 0 Å². The van der Waals surface area contributed by atoms with Crippen LogP contribution in [0.5, 0.6) is 0 Å². The van der Waals surface area contributed by atoms with E-state index < -0.39 is 11.9 Å². The van der Waals surface area contributed by atoms with Crippen LogP contribution in [0.4, 0.5) is 0 Å². The molecule has 0 saturated heterocycles. The maximum atomic E-state index is 11.7. The molecule has 0 amide bonds. The molecule has 0 unspecified atom stereocenters. The Morgan fingerprint density at radius 3 is 2.50 bits per heavy atom. The van der Waals surface area contributed by atoms with Crippen molar-refractivity contribution in [3.63, 3.8) is 0 Å². The number of methoxy groups -OCH3 is 1. The quantitative estimate of drug-likeness (QED) is 0.787. The minimum absolute atomic E-state index is 0.0268. The number of carbonyl (C=O) groups excluding carboxylic acids is 2. The van der Waals surface area contributed by atoms with Crippen molar-refractivity contribution in [1.29, 1.82) is 0 Å². The average Bonchev–Trinajstić information content (AvgIpc) is 2.53. The van der Waals surface area contributed by atoms with Gasteiger partial charge in [0.1, 0.15) is 6.61 Å². The predicted molar refractivity (Wildman–Crippen MR) is 68.9 cm³/mol. The van der Waals surface area contributed by atoms with Crippen molar-refractivity contribution in [2.45, 2.75) is 6.61 Å². The molecule has 0 aromatic carbocycles. The molecular weight excluding hydrogens is 260 g/mol. The molecule has 0 bridgehead atoms. The summed E-state index contributed by atoms with van der Waals surface area (Å²) in [5, 5.41) is 0. The molecule has 2 rings (SSSR count). The van der Waals surface area contributed by atoms with Crippen molar-refractivity contribution >= 4 is 11.9 Å². The molecule has 0 spiro atoms. The number of rotatable bonds is 4. The van der Waals surface area contributed by atoms with Gasteiger partial charge in [-0.1, -0.05) is 0 Å². The number of nitrogens with zero attached hydrogens (tertiary/aromatic N) is 2. The molecule has 0 aliphatic rings. The molecule has 20 heavy (non-hydrogen) atoms. The van der Waals surface area contributed by atoms with E-state index >= 15 is 0 Å². The van der Waals surface area contributed by atoms with E-state index in [9.17, 15) is 9.59 Å². The van der Waals surface area contributed by atoms with Gasteiger partial charge in [0.15, 0.2) is 0 Å². The molecule has 2 aromatic rings. The summed E-state index contributed by atoms with van der Waals surface area (Å²) in [6.45, 7) is 0.0268. The van der Waals surface area contributed by atoms with Crippen LogP contribution >= 0.6 is 0 Å². The van der Waals surface area contributed by atoms with Gasteiger partial charge in [0.2, 0.25) is 0 Å². The van der Waals surface area contributed by atoms with Crippen LogP contribution in [0.2, 0.25) is 0 Å². The van der Waals surface area contributed by atoms with Crippen LogP contribution in [-0.4, -0.2) is 29.0 Å². The van der Waals surface area contributed by atoms with Gasteiger partial charge in [0.25, 0.3) is 0 Å². The molecule has 0 fully saturated rings. The summed E-state index contributed by atoms with van der Waals surface area (Å²) in [5.74, 6) is -0.948. The second kappa shape index (κ2) is 6.42. The zero-order valence-corrected chi connectivity index (χ0v) is 10.8. The highest BCUT2D eigenvalue weighted by molar-refractivity contribution is 5.89. The van der Waals surface area contributed by atoms with Gasteiger partial charge >= 0.3 is 11.9 Å². The number of aromatic nitrogens is 2. The molecule has 0 aliphatic heterocycles. The fourth-order valence-corrected chi connectivity index (χ4v) is 1.52. The smallest absolute Gasteiger partial charge is 0.339 e. The summed E-state index contributed by atoms with van der Waals surface area (Å²) < 4.78 is 9.72. The van der Waals surface area contributed by atoms with Gasteiger partial charge < -0.3 is 9.47 Å². The van der Waals surface area contributed by atoms with Crippen LogP contribution in [0.15, 0.2) is 43.0 Å². The van der Waals surface area contributed by atoms with E-state index in [1.807, 2.05) is 0 Å². The summed E-state index contributed by atoms with van der Waals surface area (Å²) in [6.07, 6.45) is 5.93. The molecule has 0 aliphatic carbocycles. The third-order valence-electron chi connectivity index (χ3n) is 2.50. The van der Waals surface area contributed by atoms with Gasteiger partial charge in [-0.25, -0.2) is 9.59 Å². The first-order valence-corrected chi connectivity index (χ1v) is 5.80. The average molecular weight is 272 g/mol. The standard InChI is InChI=1S/C14H12N2O4/c1-19-13(17)12-6-10(7-16-8-12)9-20-14(18)11-2-4-15-5-3-11/h2-8H,9H2,1H3. The third kappa shape index (κ3) is 3.38. The van der Waals surface area contributed by atoms with Crippen LogP contribution in [-0.2, 0) is 16.1 Å². The zero-order valence-electron chi connectivity index (χ0n) is 10.8. The molecule has 2 heterocycles. The first-order valence-electron chi connectivity index (χ1n) is 5.80. The SMILES string of the molecule is COC(=O)c1cncc(COC(=O)c2ccncc2)c1. The minimum Gasteiger partial charge on any atom is -0.465 e. The Morgan fingerprint density at radius 2 is 1.80 bits per heavy atom. The van der Waals surface area contributed by atoms with E-state index in [-0.39, 0.29) is 6.61 Å². The fraction of sp³-hybridized carbons (Fsp3) is 0.143. The van der Waals surface area contributed by atoms with Crippen LogP contribution < -0.4 is 0 Å². The first-order chi connectivity index (χ1) is 9.70. The molecular formula is C14H12N2O4. The number of esters is 2. The second-order valence-corrected chi connectivity index (χ2v) is 3.89. The molecule has 6 heteroatoms. The highest BCUT2D eigenvalue weighted by Gasteiger charge is 2.09. The summed E-state index contributed by atoms with van der Waals surface area (Å²) in [5.41, 5.74) is 1.33. The summed E-state index contributed by atoms with van der Waals surface area (Å²) in [6, 6.07) is 4.69. The lowest BCUT2D eigenvalue weighted by Crippen LogP contribution is -2.07. The van der Waals surface area contributed by atoms with Crippen molar-refractivity contribution < 1.29 is 19.1 Å². The van der Waals surface area contributed by atoms with E-state index in [1.54, 1.807) is 18.2 Å². The van der Waals surface area contributed by atoms with Crippen LogP contribution in [0.1, 0.15) is 26.3 Å². The maximum absolute atomic E-state index is 11.7. The lowest BCUT2D eigenvalue weighted by Gasteiger charge is -2.05. The van der Waals surface area contributed by atoms with Crippen LogP contribution in [0, 0.1) is 0 Å². The zero-order chi connectivity index (χ0) is 14.4. The van der Waals surface area contributed by atoms with Crippen LogP contribution in [0.25, 0.3) is 0 Å². The highest BCUT2D eigenvalue weighted by Crippen LogP contribution is 2.08. The number of hydrogen-bond acceptors (Lipinski definition) is 6. The molecule has 102 valence electrons. The van der Waals surface area contributed by atoms with Gasteiger partial charge in [-0.3, -0.25) is 9.97 Å². The maximum Gasteiger partial charge on any atom is 0.339 e. The molecule has 0 saturated carbocycles. The van der Waals surface area contributed by atoms with Gasteiger partial charge in [-0.05, 0) is 18.2 Å². The van der Waals surface area contributed by atoms with Crippen molar-refractivity contribution in [2.24, 2.45) is 0 Å². The number of carbonyl (C=O) groups is 2. The monoisotopic (exact) mass is 272 g/mol. The van der Waals surface area contributed by atoms with Gasteiger partial charge in [-0.15, -0.1) is 0 Å². The first kappa shape index (κ1) is 13.7. The van der Waals surface area contributed by atoms with Crippen molar-refractivity contribution in [3.8, 4) is 0 Å². The van der Waals surface area contributed by atoms with Crippen molar-refractivity contribution in [1.82, 2.24) is 9.97 Å². The van der Waals surface area contributed by atoms with E-state index in [4.69, 9.17) is 4.74 Å². The highest BCUT2D eigenvalue weighted by atomic mass is 16.5. The second-order valence-electron chi connectivity index (χ2n) is 3.89. The Kier molecular flexibility index (Phi) is 4.39. The van der Waals surface area contributed by atoms with Crippen molar-refractivity contribution in [3.05, 3.63) is 59.7 Å². The normalized spacial score (nSPS) is 9.85. The predicted octanol–water partition coefficient (Wildman–Crippen LogP) is 1.62. The van der Waals surface area contributed by atoms with Gasteiger partial charge in [0, 0.05) is 30.4 Å². The van der Waals surface area contributed by atoms with Crippen LogP contribution in [0.3, 0.4) is 0 Å². The Morgan fingerprint density at radius 1 is 1.05 bits per heavy atom. The van der Waals surface area contributed by atoms with Gasteiger partial charge in [-0.2, -0.15) is 0 Å². The van der Waals surface area contributed by atoms with Gasteiger partial charge in [0.05, 0.1) is 18.2 Å². The summed E-state index contributed by atoms with van der Waals surface area (Å²) in [7, 11) is 1.29. The Hall–Kier alpha value is -2.76. The largest absolute Gasteiger partial charge is 0.465 e. The molecule has 0 N–H and O–H groups in total. The Labute approximate surface area is 115 Å². The topological polar surface area (TPSA) is 78.4 Å². The van der Waals surface area contributed by atoms with E-state index in [1.165, 1.54) is 31.9 Å².